The number of fused-ring (bicyclic) bond motifs is 1. The van der Waals surface area contributed by atoms with E-state index in [9.17, 15) is 4.79 Å². The van der Waals surface area contributed by atoms with Crippen molar-refractivity contribution >= 4 is 11.6 Å². The number of pyridine rings is 1. The Balaban J connectivity index is 2.09. The molecule has 0 saturated carbocycles. The molecule has 0 aliphatic carbocycles. The molecule has 2 rings (SSSR count). The zero-order chi connectivity index (χ0) is 13.0. The van der Waals surface area contributed by atoms with Crippen molar-refractivity contribution in [2.45, 2.75) is 25.8 Å². The molecule has 18 heavy (non-hydrogen) atoms. The van der Waals surface area contributed by atoms with Gasteiger partial charge in [0.05, 0.1) is 6.04 Å². The third-order valence-electron chi connectivity index (χ3n) is 2.67. The van der Waals surface area contributed by atoms with Crippen LogP contribution in [-0.2, 0) is 4.79 Å². The van der Waals surface area contributed by atoms with Crippen molar-refractivity contribution in [1.29, 1.82) is 0 Å². The van der Waals surface area contributed by atoms with Gasteiger partial charge >= 0.3 is 0 Å². The summed E-state index contributed by atoms with van der Waals surface area (Å²) in [6.45, 7) is 1.88. The minimum absolute atomic E-state index is 0.0235. The van der Waals surface area contributed by atoms with E-state index < -0.39 is 0 Å². The first-order valence-electron chi connectivity index (χ1n) is 5.92. The molecule has 2 N–H and O–H groups in total. The van der Waals surface area contributed by atoms with Crippen LogP contribution in [0.1, 0.15) is 31.6 Å². The number of carbonyl (C=O) groups is 1. The molecule has 2 heterocycles. The number of hydrogen-bond acceptors (Lipinski definition) is 4. The van der Waals surface area contributed by atoms with Crippen LogP contribution in [0.3, 0.4) is 0 Å². The molecule has 0 bridgehead atoms. The highest BCUT2D eigenvalue weighted by atomic mass is 16.3. The van der Waals surface area contributed by atoms with Crippen molar-refractivity contribution in [2.24, 2.45) is 0 Å². The van der Waals surface area contributed by atoms with Crippen LogP contribution in [0.25, 0.3) is 5.65 Å². The average molecular weight is 248 g/mol. The minimum Gasteiger partial charge on any atom is -0.396 e. The number of hydrogen-bond donors (Lipinski definition) is 2. The summed E-state index contributed by atoms with van der Waals surface area (Å²) >= 11 is 0. The van der Waals surface area contributed by atoms with Crippen molar-refractivity contribution in [2.75, 3.05) is 6.61 Å². The number of aliphatic hydroxyl groups is 1. The van der Waals surface area contributed by atoms with E-state index in [4.69, 9.17) is 5.11 Å². The Morgan fingerprint density at radius 3 is 3.11 bits per heavy atom. The molecule has 0 saturated heterocycles. The van der Waals surface area contributed by atoms with Gasteiger partial charge in [-0.1, -0.05) is 6.07 Å². The lowest BCUT2D eigenvalue weighted by atomic mass is 10.2. The highest BCUT2D eigenvalue weighted by Crippen LogP contribution is 2.11. The lowest BCUT2D eigenvalue weighted by Gasteiger charge is -2.11. The van der Waals surface area contributed by atoms with Crippen molar-refractivity contribution < 1.29 is 9.90 Å². The van der Waals surface area contributed by atoms with E-state index in [2.05, 4.69) is 15.5 Å². The van der Waals surface area contributed by atoms with Crippen LogP contribution in [0.5, 0.6) is 0 Å². The van der Waals surface area contributed by atoms with Gasteiger partial charge in [0.2, 0.25) is 5.91 Å². The number of aliphatic hydroxyl groups excluding tert-OH is 1. The molecule has 1 atom stereocenters. The van der Waals surface area contributed by atoms with Gasteiger partial charge in [-0.05, 0) is 25.5 Å². The van der Waals surface area contributed by atoms with Gasteiger partial charge in [0.1, 0.15) is 0 Å². The Kier molecular flexibility index (Phi) is 3.88. The Labute approximate surface area is 105 Å². The first-order valence-corrected chi connectivity index (χ1v) is 5.92. The molecule has 96 valence electrons. The van der Waals surface area contributed by atoms with Crippen LogP contribution in [0.2, 0.25) is 0 Å². The van der Waals surface area contributed by atoms with Crippen molar-refractivity contribution in [3.8, 4) is 0 Å². The van der Waals surface area contributed by atoms with Gasteiger partial charge in [-0.2, -0.15) is 0 Å². The summed E-state index contributed by atoms with van der Waals surface area (Å²) < 4.78 is 1.84. The smallest absolute Gasteiger partial charge is 0.220 e. The van der Waals surface area contributed by atoms with Crippen LogP contribution >= 0.6 is 0 Å². The highest BCUT2D eigenvalue weighted by Gasteiger charge is 2.15. The van der Waals surface area contributed by atoms with Gasteiger partial charge in [-0.3, -0.25) is 9.20 Å². The fourth-order valence-electron chi connectivity index (χ4n) is 1.77. The third-order valence-corrected chi connectivity index (χ3v) is 2.67. The molecule has 2 aromatic rings. The van der Waals surface area contributed by atoms with Gasteiger partial charge < -0.3 is 10.4 Å². The molecule has 0 radical (unpaired) electrons. The standard InChI is InChI=1S/C12H16N4O2/c1-9(13-11(18)6-4-8-17)12-15-14-10-5-2-3-7-16(10)12/h2-3,5,7,9,17H,4,6,8H2,1H3,(H,13,18). The predicted molar refractivity (Wildman–Crippen MR) is 65.9 cm³/mol. The molecule has 1 unspecified atom stereocenters. The molecule has 0 fully saturated rings. The van der Waals surface area contributed by atoms with E-state index in [1.165, 1.54) is 0 Å². The topological polar surface area (TPSA) is 79.5 Å². The van der Waals surface area contributed by atoms with Gasteiger partial charge in [-0.25, -0.2) is 0 Å². The minimum atomic E-state index is -0.214. The summed E-state index contributed by atoms with van der Waals surface area (Å²) in [4.78, 5) is 11.6. The normalized spacial score (nSPS) is 12.6. The number of aromatic nitrogens is 3. The number of nitrogens with one attached hydrogen (secondary N) is 1. The molecule has 1 amide bonds. The number of carbonyl (C=O) groups excluding carboxylic acids is 1. The lowest BCUT2D eigenvalue weighted by molar-refractivity contribution is -0.122. The van der Waals surface area contributed by atoms with Gasteiger partial charge in [-0.15, -0.1) is 10.2 Å². The van der Waals surface area contributed by atoms with E-state index in [-0.39, 0.29) is 18.6 Å². The van der Waals surface area contributed by atoms with E-state index in [0.717, 1.165) is 5.65 Å². The summed E-state index contributed by atoms with van der Waals surface area (Å²) in [6, 6.07) is 5.42. The molecule has 6 nitrogen and oxygen atoms in total. The molecule has 0 aliphatic rings. The van der Waals surface area contributed by atoms with E-state index in [1.807, 2.05) is 35.7 Å². The van der Waals surface area contributed by atoms with E-state index >= 15 is 0 Å². The first kappa shape index (κ1) is 12.5. The van der Waals surface area contributed by atoms with Crippen LogP contribution in [0.15, 0.2) is 24.4 Å². The number of nitrogens with zero attached hydrogens (tertiary/aromatic N) is 3. The maximum absolute atomic E-state index is 11.6. The molecule has 6 heteroatoms. The fraction of sp³-hybridized carbons (Fsp3) is 0.417. The summed E-state index contributed by atoms with van der Waals surface area (Å²) in [5.41, 5.74) is 0.754. The van der Waals surface area contributed by atoms with Crippen molar-refractivity contribution in [3.05, 3.63) is 30.2 Å². The predicted octanol–water partition coefficient (Wildman–Crippen LogP) is 0.679. The van der Waals surface area contributed by atoms with Gasteiger partial charge in [0, 0.05) is 19.2 Å². The second-order valence-electron chi connectivity index (χ2n) is 4.10. The second kappa shape index (κ2) is 5.59. The van der Waals surface area contributed by atoms with Gasteiger partial charge in [0.15, 0.2) is 11.5 Å². The quantitative estimate of drug-likeness (QED) is 0.815. The molecular weight excluding hydrogens is 232 g/mol. The molecule has 0 aromatic carbocycles. The second-order valence-corrected chi connectivity index (χ2v) is 4.10. The Morgan fingerprint density at radius 2 is 2.33 bits per heavy atom. The largest absolute Gasteiger partial charge is 0.396 e. The van der Waals surface area contributed by atoms with Crippen LogP contribution in [0, 0.1) is 0 Å². The van der Waals surface area contributed by atoms with Crippen LogP contribution in [-0.4, -0.2) is 32.2 Å². The number of amides is 1. The third kappa shape index (κ3) is 2.65. The van der Waals surface area contributed by atoms with Gasteiger partial charge in [0.25, 0.3) is 0 Å². The van der Waals surface area contributed by atoms with E-state index in [1.54, 1.807) is 0 Å². The Hall–Kier alpha value is -1.95. The SMILES string of the molecule is CC(NC(=O)CCCO)c1nnc2ccccn12. The summed E-state index contributed by atoms with van der Waals surface area (Å²) in [7, 11) is 0. The molecular formula is C12H16N4O2. The summed E-state index contributed by atoms with van der Waals surface area (Å²) in [5, 5.41) is 19.6. The van der Waals surface area contributed by atoms with Crippen LogP contribution < -0.4 is 5.32 Å². The zero-order valence-corrected chi connectivity index (χ0v) is 10.2. The zero-order valence-electron chi connectivity index (χ0n) is 10.2. The highest BCUT2D eigenvalue weighted by molar-refractivity contribution is 5.76. The lowest BCUT2D eigenvalue weighted by Crippen LogP contribution is -2.27. The summed E-state index contributed by atoms with van der Waals surface area (Å²) in [5.74, 6) is 0.604. The Morgan fingerprint density at radius 1 is 1.50 bits per heavy atom. The fourth-order valence-corrected chi connectivity index (χ4v) is 1.77. The maximum Gasteiger partial charge on any atom is 0.220 e. The maximum atomic E-state index is 11.6. The monoisotopic (exact) mass is 248 g/mol. The molecule has 2 aromatic heterocycles. The first-order chi connectivity index (χ1) is 8.72. The summed E-state index contributed by atoms with van der Waals surface area (Å²) in [6.07, 6.45) is 2.65. The van der Waals surface area contributed by atoms with Crippen LogP contribution in [0.4, 0.5) is 0 Å². The molecule has 0 aliphatic heterocycles. The van der Waals surface area contributed by atoms with Crippen molar-refractivity contribution in [3.63, 3.8) is 0 Å². The molecule has 0 spiro atoms. The van der Waals surface area contributed by atoms with E-state index in [0.29, 0.717) is 18.7 Å². The number of rotatable bonds is 5. The Bertz CT molecular complexity index is 538. The van der Waals surface area contributed by atoms with Crippen molar-refractivity contribution in [1.82, 2.24) is 19.9 Å². The average Bonchev–Trinajstić information content (AvgIpc) is 2.80.